The molecular weight excluding hydrogens is 330 g/mol. The molecule has 0 aromatic heterocycles. The second kappa shape index (κ2) is 8.01. The van der Waals surface area contributed by atoms with Gasteiger partial charge in [-0.1, -0.05) is 24.3 Å². The normalized spacial score (nSPS) is 14.9. The van der Waals surface area contributed by atoms with Gasteiger partial charge >= 0.3 is 12.0 Å². The Balaban J connectivity index is 1.51. The van der Waals surface area contributed by atoms with Crippen LogP contribution in [0.5, 0.6) is 0 Å². The molecule has 1 fully saturated rings. The van der Waals surface area contributed by atoms with Crippen molar-refractivity contribution >= 4 is 17.7 Å². The zero-order valence-electron chi connectivity index (χ0n) is 14.8. The molecule has 0 unspecified atom stereocenters. The van der Waals surface area contributed by atoms with Crippen molar-refractivity contribution in [3.8, 4) is 0 Å². The average Bonchev–Trinajstić information content (AvgIpc) is 2.62. The molecule has 136 valence electrons. The molecule has 1 aliphatic rings. The Bertz CT molecular complexity index is 798. The molecule has 0 radical (unpaired) electrons. The van der Waals surface area contributed by atoms with Gasteiger partial charge in [0.05, 0.1) is 5.56 Å². The van der Waals surface area contributed by atoms with E-state index in [1.165, 1.54) is 0 Å². The zero-order chi connectivity index (χ0) is 18.5. The maximum atomic E-state index is 12.4. The number of piperazine rings is 1. The van der Waals surface area contributed by atoms with Gasteiger partial charge < -0.3 is 15.3 Å². The van der Waals surface area contributed by atoms with Gasteiger partial charge in [0, 0.05) is 38.4 Å². The number of carboxylic acid groups (broad SMARTS) is 1. The van der Waals surface area contributed by atoms with E-state index >= 15 is 0 Å². The van der Waals surface area contributed by atoms with E-state index in [0.29, 0.717) is 25.2 Å². The maximum absolute atomic E-state index is 12.4. The predicted molar refractivity (Wildman–Crippen MR) is 100 cm³/mol. The fourth-order valence-corrected chi connectivity index (χ4v) is 3.10. The number of aromatic carboxylic acids is 1. The highest BCUT2D eigenvalue weighted by Gasteiger charge is 2.21. The summed E-state index contributed by atoms with van der Waals surface area (Å²) in [6.07, 6.45) is 0. The molecule has 3 rings (SSSR count). The number of carboxylic acids is 1. The Hall–Kier alpha value is -2.86. The molecule has 1 heterocycles. The summed E-state index contributed by atoms with van der Waals surface area (Å²) in [6, 6.07) is 14.7. The minimum Gasteiger partial charge on any atom is -0.478 e. The molecule has 2 amide bonds. The summed E-state index contributed by atoms with van der Waals surface area (Å²) < 4.78 is 0. The zero-order valence-corrected chi connectivity index (χ0v) is 14.8. The lowest BCUT2D eigenvalue weighted by atomic mass is 10.1. The Kier molecular flexibility index (Phi) is 5.53. The molecule has 1 aliphatic heterocycles. The quantitative estimate of drug-likeness (QED) is 0.886. The molecule has 2 N–H and O–H groups in total. The molecule has 0 bridgehead atoms. The first-order valence-electron chi connectivity index (χ1n) is 8.68. The molecule has 2 aromatic carbocycles. The number of hydrogen-bond donors (Lipinski definition) is 2. The number of rotatable bonds is 4. The number of urea groups is 1. The van der Waals surface area contributed by atoms with E-state index in [-0.39, 0.29) is 6.03 Å². The summed E-state index contributed by atoms with van der Waals surface area (Å²) in [5.74, 6) is -0.913. The SMILES string of the molecule is Cc1cccc(NC(=O)N2CCN(Cc3cccc(C(=O)O)c3)CC2)c1. The number of anilines is 1. The summed E-state index contributed by atoms with van der Waals surface area (Å²) in [5, 5.41) is 12.0. The summed E-state index contributed by atoms with van der Waals surface area (Å²) in [6.45, 7) is 5.51. The van der Waals surface area contributed by atoms with Crippen molar-refractivity contribution in [2.24, 2.45) is 0 Å². The lowest BCUT2D eigenvalue weighted by Gasteiger charge is -2.34. The van der Waals surface area contributed by atoms with Crippen LogP contribution in [0.2, 0.25) is 0 Å². The number of carbonyl (C=O) groups is 2. The Labute approximate surface area is 153 Å². The second-order valence-corrected chi connectivity index (χ2v) is 6.57. The van der Waals surface area contributed by atoms with E-state index < -0.39 is 5.97 Å². The van der Waals surface area contributed by atoms with Gasteiger partial charge in [-0.25, -0.2) is 9.59 Å². The van der Waals surface area contributed by atoms with Gasteiger partial charge in [0.25, 0.3) is 0 Å². The molecule has 0 saturated carbocycles. The van der Waals surface area contributed by atoms with Crippen LogP contribution in [0, 0.1) is 6.92 Å². The highest BCUT2D eigenvalue weighted by atomic mass is 16.4. The van der Waals surface area contributed by atoms with Crippen LogP contribution in [-0.4, -0.2) is 53.1 Å². The molecule has 2 aromatic rings. The molecule has 6 nitrogen and oxygen atoms in total. The Morgan fingerprint density at radius 1 is 1.04 bits per heavy atom. The van der Waals surface area contributed by atoms with Gasteiger partial charge in [-0.05, 0) is 42.3 Å². The van der Waals surface area contributed by atoms with Crippen LogP contribution >= 0.6 is 0 Å². The summed E-state index contributed by atoms with van der Waals surface area (Å²) >= 11 is 0. The molecular formula is C20H23N3O3. The van der Waals surface area contributed by atoms with Crippen LogP contribution in [0.1, 0.15) is 21.5 Å². The van der Waals surface area contributed by atoms with Crippen molar-refractivity contribution in [2.45, 2.75) is 13.5 Å². The minimum atomic E-state index is -0.913. The predicted octanol–water partition coefficient (Wildman–Crippen LogP) is 3.04. The molecule has 26 heavy (non-hydrogen) atoms. The van der Waals surface area contributed by atoms with Crippen LogP contribution in [0.25, 0.3) is 0 Å². The van der Waals surface area contributed by atoms with E-state index in [1.54, 1.807) is 18.2 Å². The third-order valence-electron chi connectivity index (χ3n) is 4.51. The second-order valence-electron chi connectivity index (χ2n) is 6.57. The van der Waals surface area contributed by atoms with Gasteiger partial charge in [0.15, 0.2) is 0 Å². The van der Waals surface area contributed by atoms with Crippen molar-refractivity contribution in [1.29, 1.82) is 0 Å². The van der Waals surface area contributed by atoms with E-state index in [4.69, 9.17) is 5.11 Å². The number of benzene rings is 2. The number of nitrogens with one attached hydrogen (secondary N) is 1. The van der Waals surface area contributed by atoms with Crippen molar-refractivity contribution in [2.75, 3.05) is 31.5 Å². The third kappa shape index (κ3) is 4.61. The highest BCUT2D eigenvalue weighted by molar-refractivity contribution is 5.89. The number of hydrogen-bond acceptors (Lipinski definition) is 3. The van der Waals surface area contributed by atoms with Gasteiger partial charge in [-0.2, -0.15) is 0 Å². The average molecular weight is 353 g/mol. The van der Waals surface area contributed by atoms with Crippen molar-refractivity contribution in [3.05, 3.63) is 65.2 Å². The fraction of sp³-hybridized carbons (Fsp3) is 0.300. The monoisotopic (exact) mass is 353 g/mol. The molecule has 0 atom stereocenters. The first-order valence-corrected chi connectivity index (χ1v) is 8.68. The van der Waals surface area contributed by atoms with Crippen LogP contribution in [0.4, 0.5) is 10.5 Å². The largest absolute Gasteiger partial charge is 0.478 e. The van der Waals surface area contributed by atoms with Crippen LogP contribution in [0.3, 0.4) is 0 Å². The Morgan fingerprint density at radius 2 is 1.77 bits per heavy atom. The van der Waals surface area contributed by atoms with Crippen LogP contribution < -0.4 is 5.32 Å². The van der Waals surface area contributed by atoms with Crippen molar-refractivity contribution < 1.29 is 14.7 Å². The number of carbonyl (C=O) groups excluding carboxylic acids is 1. The maximum Gasteiger partial charge on any atom is 0.335 e. The first kappa shape index (κ1) is 17.9. The van der Waals surface area contributed by atoms with Gasteiger partial charge in [-0.15, -0.1) is 0 Å². The van der Waals surface area contributed by atoms with Gasteiger partial charge in [0.1, 0.15) is 0 Å². The minimum absolute atomic E-state index is 0.0804. The third-order valence-corrected chi connectivity index (χ3v) is 4.51. The van der Waals surface area contributed by atoms with E-state index in [2.05, 4.69) is 10.2 Å². The van der Waals surface area contributed by atoms with E-state index in [0.717, 1.165) is 29.9 Å². The van der Waals surface area contributed by atoms with Crippen LogP contribution in [0.15, 0.2) is 48.5 Å². The van der Waals surface area contributed by atoms with Crippen molar-refractivity contribution in [3.63, 3.8) is 0 Å². The topological polar surface area (TPSA) is 72.9 Å². The summed E-state index contributed by atoms with van der Waals surface area (Å²) in [4.78, 5) is 27.5. The van der Waals surface area contributed by atoms with Crippen molar-refractivity contribution in [1.82, 2.24) is 9.80 Å². The Morgan fingerprint density at radius 3 is 2.46 bits per heavy atom. The molecule has 6 heteroatoms. The highest BCUT2D eigenvalue weighted by Crippen LogP contribution is 2.13. The smallest absolute Gasteiger partial charge is 0.335 e. The van der Waals surface area contributed by atoms with Crippen LogP contribution in [-0.2, 0) is 6.54 Å². The first-order chi connectivity index (χ1) is 12.5. The van der Waals surface area contributed by atoms with Gasteiger partial charge in [-0.3, -0.25) is 4.90 Å². The number of nitrogens with zero attached hydrogens (tertiary/aromatic N) is 2. The summed E-state index contributed by atoms with van der Waals surface area (Å²) in [7, 11) is 0. The van der Waals surface area contributed by atoms with E-state index in [1.807, 2.05) is 42.2 Å². The molecule has 0 spiro atoms. The lowest BCUT2D eigenvalue weighted by Crippen LogP contribution is -2.49. The number of aryl methyl sites for hydroxylation is 1. The fourth-order valence-electron chi connectivity index (χ4n) is 3.10. The van der Waals surface area contributed by atoms with E-state index in [9.17, 15) is 9.59 Å². The molecule has 1 saturated heterocycles. The lowest BCUT2D eigenvalue weighted by molar-refractivity contribution is 0.0696. The van der Waals surface area contributed by atoms with Gasteiger partial charge in [0.2, 0.25) is 0 Å². The number of amides is 2. The summed E-state index contributed by atoms with van der Waals surface area (Å²) in [5.41, 5.74) is 3.19. The molecule has 0 aliphatic carbocycles. The standard InChI is InChI=1S/C20H23N3O3/c1-15-4-2-7-18(12-15)21-20(26)23-10-8-22(9-11-23)14-16-5-3-6-17(13-16)19(24)25/h2-7,12-13H,8-11,14H2,1H3,(H,21,26)(H,24,25).